The average Bonchev–Trinajstić information content (AvgIpc) is 2.48. The topological polar surface area (TPSA) is 51.8 Å². The van der Waals surface area contributed by atoms with Crippen LogP contribution in [-0.2, 0) is 4.74 Å². The van der Waals surface area contributed by atoms with Crippen LogP contribution in [-0.4, -0.2) is 46.1 Å². The number of halogens is 1. The first kappa shape index (κ1) is 16.2. The molecule has 2 N–H and O–H groups in total. The van der Waals surface area contributed by atoms with Crippen molar-refractivity contribution >= 4 is 17.3 Å². The van der Waals surface area contributed by atoms with E-state index >= 15 is 0 Å². The number of hydrogen-bond acceptors (Lipinski definition) is 5. The van der Waals surface area contributed by atoms with Crippen molar-refractivity contribution < 1.29 is 14.2 Å². The summed E-state index contributed by atoms with van der Waals surface area (Å²) in [6, 6.07) is 4.27. The van der Waals surface area contributed by atoms with Crippen LogP contribution in [0.3, 0.4) is 0 Å². The minimum Gasteiger partial charge on any atom is -0.495 e. The molecule has 5 nitrogen and oxygen atoms in total. The van der Waals surface area contributed by atoms with Crippen LogP contribution in [0.1, 0.15) is 13.3 Å². The largest absolute Gasteiger partial charge is 0.495 e. The number of benzene rings is 1. The molecule has 1 saturated heterocycles. The Bertz CT molecular complexity index is 464. The molecular formula is C15H23ClN2O3. The molecule has 2 atom stereocenters. The molecule has 1 aliphatic rings. The van der Waals surface area contributed by atoms with Gasteiger partial charge in [-0.15, -0.1) is 0 Å². The lowest BCUT2D eigenvalue weighted by Crippen LogP contribution is -2.43. The Labute approximate surface area is 130 Å². The highest BCUT2D eigenvalue weighted by atomic mass is 35.5. The molecule has 1 fully saturated rings. The van der Waals surface area contributed by atoms with Crippen molar-refractivity contribution in [3.8, 4) is 11.5 Å². The Hall–Kier alpha value is -1.17. The normalized spacial score (nSPS) is 19.9. The molecule has 0 radical (unpaired) electrons. The van der Waals surface area contributed by atoms with Crippen molar-refractivity contribution in [1.29, 1.82) is 0 Å². The molecule has 0 bridgehead atoms. The van der Waals surface area contributed by atoms with Gasteiger partial charge in [0.1, 0.15) is 11.5 Å². The molecular weight excluding hydrogens is 292 g/mol. The van der Waals surface area contributed by atoms with Gasteiger partial charge in [0.25, 0.3) is 0 Å². The molecule has 1 aliphatic heterocycles. The number of rotatable bonds is 6. The summed E-state index contributed by atoms with van der Waals surface area (Å²) in [6.07, 6.45) is 0.965. The molecule has 1 heterocycles. The Morgan fingerprint density at radius 2 is 2.14 bits per heavy atom. The predicted molar refractivity (Wildman–Crippen MR) is 84.9 cm³/mol. The fourth-order valence-electron chi connectivity index (χ4n) is 2.50. The van der Waals surface area contributed by atoms with Crippen molar-refractivity contribution in [3.63, 3.8) is 0 Å². The molecule has 6 heteroatoms. The Morgan fingerprint density at radius 1 is 1.38 bits per heavy atom. The van der Waals surface area contributed by atoms with E-state index in [0.717, 1.165) is 37.6 Å². The zero-order valence-corrected chi connectivity index (χ0v) is 13.5. The molecule has 0 amide bonds. The predicted octanol–water partition coefficient (Wildman–Crippen LogP) is 2.54. The Kier molecular flexibility index (Phi) is 5.96. The van der Waals surface area contributed by atoms with Crippen LogP contribution in [0.15, 0.2) is 12.1 Å². The zero-order chi connectivity index (χ0) is 15.2. The monoisotopic (exact) mass is 314 g/mol. The highest BCUT2D eigenvalue weighted by Crippen LogP contribution is 2.36. The van der Waals surface area contributed by atoms with Crippen LogP contribution in [0.25, 0.3) is 0 Å². The van der Waals surface area contributed by atoms with E-state index in [4.69, 9.17) is 25.8 Å². The lowest BCUT2D eigenvalue weighted by Gasteiger charge is -2.27. The van der Waals surface area contributed by atoms with E-state index in [-0.39, 0.29) is 6.04 Å². The maximum atomic E-state index is 6.18. The average molecular weight is 315 g/mol. The van der Waals surface area contributed by atoms with Gasteiger partial charge in [-0.05, 0) is 19.4 Å². The first-order chi connectivity index (χ1) is 10.1. The Morgan fingerprint density at radius 3 is 2.76 bits per heavy atom. The van der Waals surface area contributed by atoms with Crippen molar-refractivity contribution in [1.82, 2.24) is 5.32 Å². The molecule has 0 aromatic heterocycles. The minimum absolute atomic E-state index is 0.266. The van der Waals surface area contributed by atoms with Crippen molar-refractivity contribution in [3.05, 3.63) is 17.2 Å². The number of ether oxygens (including phenoxy) is 3. The van der Waals surface area contributed by atoms with Gasteiger partial charge < -0.3 is 24.8 Å². The maximum Gasteiger partial charge on any atom is 0.145 e. The summed E-state index contributed by atoms with van der Waals surface area (Å²) in [5.41, 5.74) is 0.868. The van der Waals surface area contributed by atoms with Crippen LogP contribution in [0.2, 0.25) is 5.02 Å². The van der Waals surface area contributed by atoms with Gasteiger partial charge in [-0.25, -0.2) is 0 Å². The highest BCUT2D eigenvalue weighted by molar-refractivity contribution is 6.32. The summed E-state index contributed by atoms with van der Waals surface area (Å²) in [6.45, 7) is 4.59. The molecule has 0 saturated carbocycles. The van der Waals surface area contributed by atoms with Gasteiger partial charge in [0, 0.05) is 24.7 Å². The summed E-state index contributed by atoms with van der Waals surface area (Å²) in [5, 5.41) is 7.45. The van der Waals surface area contributed by atoms with E-state index in [1.807, 2.05) is 6.07 Å². The third-order valence-corrected chi connectivity index (χ3v) is 3.81. The third-order valence-electron chi connectivity index (χ3n) is 3.51. The van der Waals surface area contributed by atoms with Gasteiger partial charge in [-0.1, -0.05) is 11.6 Å². The number of nitrogens with one attached hydrogen (secondary N) is 2. The van der Waals surface area contributed by atoms with Crippen LogP contribution < -0.4 is 20.1 Å². The second kappa shape index (κ2) is 7.73. The van der Waals surface area contributed by atoms with Crippen LogP contribution in [0.4, 0.5) is 5.69 Å². The van der Waals surface area contributed by atoms with Gasteiger partial charge in [0.2, 0.25) is 0 Å². The highest BCUT2D eigenvalue weighted by Gasteiger charge is 2.18. The molecule has 0 spiro atoms. The van der Waals surface area contributed by atoms with Crippen LogP contribution in [0, 0.1) is 0 Å². The number of hydrogen-bond donors (Lipinski definition) is 2. The van der Waals surface area contributed by atoms with E-state index < -0.39 is 0 Å². The van der Waals surface area contributed by atoms with Crippen molar-refractivity contribution in [2.24, 2.45) is 0 Å². The van der Waals surface area contributed by atoms with Gasteiger partial charge in [0.05, 0.1) is 38.1 Å². The van der Waals surface area contributed by atoms with E-state index in [2.05, 4.69) is 17.6 Å². The van der Waals surface area contributed by atoms with Gasteiger partial charge >= 0.3 is 0 Å². The van der Waals surface area contributed by atoms with Gasteiger partial charge in [0.15, 0.2) is 0 Å². The quantitative estimate of drug-likeness (QED) is 0.845. The lowest BCUT2D eigenvalue weighted by molar-refractivity contribution is 0.0731. The van der Waals surface area contributed by atoms with Crippen molar-refractivity contribution in [2.45, 2.75) is 25.4 Å². The summed E-state index contributed by atoms with van der Waals surface area (Å²) >= 11 is 6.18. The molecule has 118 valence electrons. The van der Waals surface area contributed by atoms with E-state index in [1.165, 1.54) is 0 Å². The van der Waals surface area contributed by atoms with E-state index in [0.29, 0.717) is 16.8 Å². The molecule has 2 unspecified atom stereocenters. The van der Waals surface area contributed by atoms with Crippen LogP contribution >= 0.6 is 11.6 Å². The number of morpholine rings is 1. The molecule has 1 aromatic rings. The second-order valence-corrected chi connectivity index (χ2v) is 5.60. The summed E-state index contributed by atoms with van der Waals surface area (Å²) < 4.78 is 16.1. The van der Waals surface area contributed by atoms with Gasteiger partial charge in [-0.2, -0.15) is 0 Å². The standard InChI is InChI=1S/C15H23ClN2O3/c1-10(6-11-9-21-5-4-17-11)18-13-7-12(16)14(19-2)8-15(13)20-3/h7-8,10-11,17-18H,4-6,9H2,1-3H3. The van der Waals surface area contributed by atoms with Crippen LogP contribution in [0.5, 0.6) is 11.5 Å². The first-order valence-corrected chi connectivity index (χ1v) is 7.51. The SMILES string of the molecule is COc1cc(OC)c(NC(C)CC2COCCN2)cc1Cl. The third kappa shape index (κ3) is 4.40. The smallest absolute Gasteiger partial charge is 0.145 e. The Balaban J connectivity index is 2.02. The molecule has 21 heavy (non-hydrogen) atoms. The number of anilines is 1. The minimum atomic E-state index is 0.266. The maximum absolute atomic E-state index is 6.18. The molecule has 2 rings (SSSR count). The fraction of sp³-hybridized carbons (Fsp3) is 0.600. The lowest BCUT2D eigenvalue weighted by atomic mass is 10.1. The zero-order valence-electron chi connectivity index (χ0n) is 12.7. The summed E-state index contributed by atoms with van der Waals surface area (Å²) in [7, 11) is 3.22. The fourth-order valence-corrected chi connectivity index (χ4v) is 2.74. The molecule has 0 aliphatic carbocycles. The second-order valence-electron chi connectivity index (χ2n) is 5.19. The van der Waals surface area contributed by atoms with E-state index in [1.54, 1.807) is 20.3 Å². The molecule has 1 aromatic carbocycles. The summed E-state index contributed by atoms with van der Waals surface area (Å²) in [5.74, 6) is 1.32. The first-order valence-electron chi connectivity index (χ1n) is 7.13. The van der Waals surface area contributed by atoms with E-state index in [9.17, 15) is 0 Å². The van der Waals surface area contributed by atoms with Crippen molar-refractivity contribution in [2.75, 3.05) is 39.3 Å². The summed E-state index contributed by atoms with van der Waals surface area (Å²) in [4.78, 5) is 0. The van der Waals surface area contributed by atoms with Gasteiger partial charge in [-0.3, -0.25) is 0 Å². The number of methoxy groups -OCH3 is 2.